The maximum Gasteiger partial charge on any atom is 0.122 e. The predicted octanol–water partition coefficient (Wildman–Crippen LogP) is 3.48. The van der Waals surface area contributed by atoms with Crippen molar-refractivity contribution in [1.82, 2.24) is 5.32 Å². The quantitative estimate of drug-likeness (QED) is 0.897. The topological polar surface area (TPSA) is 21.3 Å². The summed E-state index contributed by atoms with van der Waals surface area (Å²) in [6.07, 6.45) is 8.93. The molecule has 1 atom stereocenters. The van der Waals surface area contributed by atoms with Crippen LogP contribution in [-0.2, 0) is 12.8 Å². The third kappa shape index (κ3) is 3.11. The zero-order valence-electron chi connectivity index (χ0n) is 12.0. The third-order valence-corrected chi connectivity index (χ3v) is 4.68. The average Bonchev–Trinajstić information content (AvgIpc) is 2.78. The third-order valence-electron chi connectivity index (χ3n) is 4.68. The summed E-state index contributed by atoms with van der Waals surface area (Å²) in [6.45, 7) is 4.45. The lowest BCUT2D eigenvalue weighted by Crippen LogP contribution is -2.41. The Balaban J connectivity index is 1.62. The van der Waals surface area contributed by atoms with Gasteiger partial charge >= 0.3 is 0 Å². The van der Waals surface area contributed by atoms with Crippen molar-refractivity contribution in [2.24, 2.45) is 0 Å². The number of benzene rings is 1. The molecule has 0 aromatic heterocycles. The van der Waals surface area contributed by atoms with Crippen LogP contribution in [-0.4, -0.2) is 18.7 Å². The molecule has 0 saturated carbocycles. The van der Waals surface area contributed by atoms with E-state index in [1.807, 2.05) is 0 Å². The molecule has 104 valence electrons. The largest absolute Gasteiger partial charge is 0.493 e. The summed E-state index contributed by atoms with van der Waals surface area (Å²) in [5.74, 6) is 1.10. The van der Waals surface area contributed by atoms with E-state index in [-0.39, 0.29) is 0 Å². The van der Waals surface area contributed by atoms with Gasteiger partial charge in [-0.1, -0.05) is 25.0 Å². The van der Waals surface area contributed by atoms with Gasteiger partial charge in [0.2, 0.25) is 0 Å². The van der Waals surface area contributed by atoms with Gasteiger partial charge in [-0.15, -0.1) is 0 Å². The molecule has 1 aromatic carbocycles. The Hall–Kier alpha value is -1.02. The number of ether oxygens (including phenoxy) is 1. The summed E-state index contributed by atoms with van der Waals surface area (Å²) in [5, 5.41) is 3.76. The maximum absolute atomic E-state index is 5.57. The molecule has 0 amide bonds. The molecule has 3 rings (SSSR count). The predicted molar refractivity (Wildman–Crippen MR) is 78.8 cm³/mol. The second-order valence-electron chi connectivity index (χ2n) is 6.34. The van der Waals surface area contributed by atoms with E-state index in [9.17, 15) is 0 Å². The van der Waals surface area contributed by atoms with E-state index in [2.05, 4.69) is 30.4 Å². The number of hydrogen-bond acceptors (Lipinski definition) is 2. The Morgan fingerprint density at radius 3 is 3.16 bits per heavy atom. The molecule has 1 fully saturated rings. The standard InChI is InChI=1S/C17H25NO/c1-17(9-3-2-4-11-18-17)10-7-14-5-6-16-15(13-14)8-12-19-16/h5-6,13,18H,2-4,7-12H2,1H3. The molecule has 0 aliphatic carbocycles. The van der Waals surface area contributed by atoms with Gasteiger partial charge in [-0.2, -0.15) is 0 Å². The smallest absolute Gasteiger partial charge is 0.122 e. The minimum absolute atomic E-state index is 0.339. The van der Waals surface area contributed by atoms with Crippen molar-refractivity contribution >= 4 is 0 Å². The molecule has 0 spiro atoms. The molecule has 1 saturated heterocycles. The molecule has 0 radical (unpaired) electrons. The van der Waals surface area contributed by atoms with Crippen molar-refractivity contribution in [2.45, 2.75) is 57.4 Å². The van der Waals surface area contributed by atoms with Crippen LogP contribution in [0, 0.1) is 0 Å². The van der Waals surface area contributed by atoms with E-state index in [4.69, 9.17) is 4.74 Å². The monoisotopic (exact) mass is 259 g/mol. The lowest BCUT2D eigenvalue weighted by molar-refractivity contribution is 0.324. The first-order valence-electron chi connectivity index (χ1n) is 7.75. The Bertz CT molecular complexity index is 433. The van der Waals surface area contributed by atoms with Crippen molar-refractivity contribution < 1.29 is 4.74 Å². The first-order chi connectivity index (χ1) is 9.25. The fraction of sp³-hybridized carbons (Fsp3) is 0.647. The van der Waals surface area contributed by atoms with Gasteiger partial charge in [-0.05, 0) is 56.3 Å². The van der Waals surface area contributed by atoms with Crippen LogP contribution in [0.4, 0.5) is 0 Å². The van der Waals surface area contributed by atoms with Crippen molar-refractivity contribution in [1.29, 1.82) is 0 Å². The molecule has 19 heavy (non-hydrogen) atoms. The maximum atomic E-state index is 5.57. The van der Waals surface area contributed by atoms with Gasteiger partial charge in [-0.3, -0.25) is 0 Å². The van der Waals surface area contributed by atoms with Crippen molar-refractivity contribution in [3.63, 3.8) is 0 Å². The molecule has 2 nitrogen and oxygen atoms in total. The number of aryl methyl sites for hydroxylation is 1. The van der Waals surface area contributed by atoms with E-state index in [0.29, 0.717) is 5.54 Å². The van der Waals surface area contributed by atoms with Gasteiger partial charge in [0, 0.05) is 12.0 Å². The number of hydrogen-bond donors (Lipinski definition) is 1. The van der Waals surface area contributed by atoms with Gasteiger partial charge in [0.05, 0.1) is 6.61 Å². The Morgan fingerprint density at radius 2 is 2.21 bits per heavy atom. The molecule has 1 N–H and O–H groups in total. The number of nitrogens with one attached hydrogen (secondary N) is 1. The molecule has 2 heteroatoms. The van der Waals surface area contributed by atoms with Crippen LogP contribution in [0.5, 0.6) is 5.75 Å². The lowest BCUT2D eigenvalue weighted by Gasteiger charge is -2.29. The Morgan fingerprint density at radius 1 is 1.26 bits per heavy atom. The van der Waals surface area contributed by atoms with E-state index < -0.39 is 0 Å². The second-order valence-corrected chi connectivity index (χ2v) is 6.34. The lowest BCUT2D eigenvalue weighted by atomic mass is 9.88. The van der Waals surface area contributed by atoms with Crippen LogP contribution in [0.25, 0.3) is 0 Å². The zero-order chi connectivity index (χ0) is 13.1. The molecule has 1 unspecified atom stereocenters. The van der Waals surface area contributed by atoms with Gasteiger partial charge in [0.1, 0.15) is 5.75 Å². The second kappa shape index (κ2) is 5.54. The summed E-state index contributed by atoms with van der Waals surface area (Å²) >= 11 is 0. The highest BCUT2D eigenvalue weighted by Crippen LogP contribution is 2.28. The van der Waals surface area contributed by atoms with Crippen LogP contribution in [0.15, 0.2) is 18.2 Å². The normalized spacial score (nSPS) is 26.6. The fourth-order valence-electron chi connectivity index (χ4n) is 3.32. The summed E-state index contributed by atoms with van der Waals surface area (Å²) in [5.41, 5.74) is 3.21. The highest BCUT2D eigenvalue weighted by Gasteiger charge is 2.24. The van der Waals surface area contributed by atoms with E-state index >= 15 is 0 Å². The molecular formula is C17H25NO. The van der Waals surface area contributed by atoms with Gasteiger partial charge in [0.15, 0.2) is 0 Å². The Labute approximate surface area is 116 Å². The molecule has 2 aliphatic heterocycles. The molecular weight excluding hydrogens is 234 g/mol. The Kier molecular flexibility index (Phi) is 3.79. The first-order valence-corrected chi connectivity index (χ1v) is 7.75. The fourth-order valence-corrected chi connectivity index (χ4v) is 3.32. The SMILES string of the molecule is CC1(CCc2ccc3c(c2)CCO3)CCCCCN1. The van der Waals surface area contributed by atoms with Gasteiger partial charge in [0.25, 0.3) is 0 Å². The summed E-state index contributed by atoms with van der Waals surface area (Å²) in [6, 6.07) is 6.74. The highest BCUT2D eigenvalue weighted by atomic mass is 16.5. The van der Waals surface area contributed by atoms with Crippen molar-refractivity contribution in [2.75, 3.05) is 13.2 Å². The van der Waals surface area contributed by atoms with E-state index in [1.165, 1.54) is 56.2 Å². The van der Waals surface area contributed by atoms with Crippen LogP contribution >= 0.6 is 0 Å². The average molecular weight is 259 g/mol. The van der Waals surface area contributed by atoms with E-state index in [0.717, 1.165) is 18.8 Å². The first kappa shape index (κ1) is 13.0. The molecule has 0 bridgehead atoms. The van der Waals surface area contributed by atoms with E-state index in [1.54, 1.807) is 0 Å². The summed E-state index contributed by atoms with van der Waals surface area (Å²) in [7, 11) is 0. The van der Waals surface area contributed by atoms with Crippen LogP contribution < -0.4 is 10.1 Å². The molecule has 1 aromatic rings. The minimum atomic E-state index is 0.339. The molecule has 2 aliphatic rings. The van der Waals surface area contributed by atoms with Gasteiger partial charge in [-0.25, -0.2) is 0 Å². The zero-order valence-corrected chi connectivity index (χ0v) is 12.0. The molecule has 2 heterocycles. The summed E-state index contributed by atoms with van der Waals surface area (Å²) < 4.78 is 5.57. The van der Waals surface area contributed by atoms with Crippen LogP contribution in [0.1, 0.15) is 50.2 Å². The summed E-state index contributed by atoms with van der Waals surface area (Å²) in [4.78, 5) is 0. The van der Waals surface area contributed by atoms with Crippen LogP contribution in [0.3, 0.4) is 0 Å². The van der Waals surface area contributed by atoms with Gasteiger partial charge < -0.3 is 10.1 Å². The number of fused-ring (bicyclic) bond motifs is 1. The van der Waals surface area contributed by atoms with Crippen LogP contribution in [0.2, 0.25) is 0 Å². The minimum Gasteiger partial charge on any atom is -0.493 e. The van der Waals surface area contributed by atoms with Crippen molar-refractivity contribution in [3.8, 4) is 5.75 Å². The van der Waals surface area contributed by atoms with Crippen molar-refractivity contribution in [3.05, 3.63) is 29.3 Å². The number of rotatable bonds is 3. The highest BCUT2D eigenvalue weighted by molar-refractivity contribution is 5.39.